The van der Waals surface area contributed by atoms with Crippen molar-refractivity contribution in [2.24, 2.45) is 0 Å². The van der Waals surface area contributed by atoms with E-state index in [0.717, 1.165) is 19.6 Å². The Kier molecular flexibility index (Phi) is 3.69. The lowest BCUT2D eigenvalue weighted by Gasteiger charge is -2.32. The Morgan fingerprint density at radius 1 is 1.69 bits per heavy atom. The highest BCUT2D eigenvalue weighted by Crippen LogP contribution is 2.00. The van der Waals surface area contributed by atoms with E-state index >= 15 is 0 Å². The van der Waals surface area contributed by atoms with E-state index in [0.29, 0.717) is 0 Å². The highest BCUT2D eigenvalue weighted by atomic mass is 16.8. The molecule has 0 amide bonds. The molecule has 2 radical (unpaired) electrons. The fourth-order valence-corrected chi connectivity index (χ4v) is 1.33. The van der Waals surface area contributed by atoms with Crippen LogP contribution in [0.3, 0.4) is 0 Å². The second-order valence-corrected chi connectivity index (χ2v) is 3.38. The monoisotopic (exact) mass is 186 g/mol. The SMILES string of the molecule is [B]C(O)(O)OCC1CN(C)CCN1. The van der Waals surface area contributed by atoms with Crippen LogP contribution in [0.15, 0.2) is 0 Å². The summed E-state index contributed by atoms with van der Waals surface area (Å²) in [6.45, 7) is 2.87. The van der Waals surface area contributed by atoms with E-state index in [4.69, 9.17) is 18.1 Å². The van der Waals surface area contributed by atoms with Crippen LogP contribution in [0.5, 0.6) is 0 Å². The number of aliphatic hydroxyl groups is 2. The normalized spacial score (nSPS) is 26.2. The van der Waals surface area contributed by atoms with Gasteiger partial charge >= 0.3 is 0 Å². The van der Waals surface area contributed by atoms with Gasteiger partial charge in [-0.25, -0.2) is 0 Å². The summed E-state index contributed by atoms with van der Waals surface area (Å²) in [7, 11) is 6.84. The lowest BCUT2D eigenvalue weighted by molar-refractivity contribution is -0.277. The van der Waals surface area contributed by atoms with Crippen LogP contribution < -0.4 is 5.32 Å². The molecule has 1 rings (SSSR count). The Hall–Kier alpha value is -0.135. The third-order valence-electron chi connectivity index (χ3n) is 1.96. The topological polar surface area (TPSA) is 65.0 Å². The van der Waals surface area contributed by atoms with Crippen molar-refractivity contribution >= 4 is 7.85 Å². The number of piperazine rings is 1. The minimum atomic E-state index is -2.52. The van der Waals surface area contributed by atoms with Gasteiger partial charge in [0.05, 0.1) is 6.61 Å². The van der Waals surface area contributed by atoms with Gasteiger partial charge in [0.1, 0.15) is 0 Å². The number of likely N-dealkylation sites (N-methyl/N-ethyl adjacent to an activating group) is 1. The third kappa shape index (κ3) is 4.59. The molecule has 5 nitrogen and oxygen atoms in total. The van der Waals surface area contributed by atoms with E-state index in [9.17, 15) is 0 Å². The first-order chi connectivity index (χ1) is 5.97. The van der Waals surface area contributed by atoms with Crippen molar-refractivity contribution in [2.75, 3.05) is 33.3 Å². The van der Waals surface area contributed by atoms with Crippen LogP contribution in [0.25, 0.3) is 0 Å². The molecule has 1 unspecified atom stereocenters. The molecule has 1 fully saturated rings. The van der Waals surface area contributed by atoms with Crippen LogP contribution in [0.4, 0.5) is 0 Å². The zero-order chi connectivity index (χ0) is 9.90. The van der Waals surface area contributed by atoms with Gasteiger partial charge in [0.25, 0.3) is 0 Å². The third-order valence-corrected chi connectivity index (χ3v) is 1.96. The van der Waals surface area contributed by atoms with Crippen LogP contribution >= 0.6 is 0 Å². The lowest BCUT2D eigenvalue weighted by Crippen LogP contribution is -2.52. The molecule has 1 atom stereocenters. The van der Waals surface area contributed by atoms with Gasteiger partial charge in [-0.1, -0.05) is 0 Å². The van der Waals surface area contributed by atoms with Crippen LogP contribution in [-0.4, -0.2) is 68.2 Å². The second-order valence-electron chi connectivity index (χ2n) is 3.38. The number of rotatable bonds is 3. The van der Waals surface area contributed by atoms with E-state index in [1.807, 2.05) is 7.05 Å². The average molecular weight is 186 g/mol. The van der Waals surface area contributed by atoms with Crippen LogP contribution in [0.2, 0.25) is 0 Å². The second kappa shape index (κ2) is 4.39. The number of nitrogens with one attached hydrogen (secondary N) is 1. The molecule has 0 aliphatic carbocycles. The Morgan fingerprint density at radius 3 is 2.92 bits per heavy atom. The Bertz CT molecular complexity index is 162. The van der Waals surface area contributed by atoms with Gasteiger partial charge in [0, 0.05) is 25.7 Å². The van der Waals surface area contributed by atoms with Gasteiger partial charge < -0.3 is 25.2 Å². The molecule has 1 aliphatic heterocycles. The van der Waals surface area contributed by atoms with Crippen LogP contribution in [0.1, 0.15) is 0 Å². The molecule has 13 heavy (non-hydrogen) atoms. The fourth-order valence-electron chi connectivity index (χ4n) is 1.33. The highest BCUT2D eigenvalue weighted by molar-refractivity contribution is 6.11. The fraction of sp³-hybridized carbons (Fsp3) is 1.00. The van der Waals surface area contributed by atoms with Crippen LogP contribution in [-0.2, 0) is 4.74 Å². The lowest BCUT2D eigenvalue weighted by atomic mass is 10.1. The molecule has 0 bridgehead atoms. The van der Waals surface area contributed by atoms with Crippen molar-refractivity contribution in [1.82, 2.24) is 10.2 Å². The molecule has 0 spiro atoms. The molecule has 6 heteroatoms. The molecule has 3 N–H and O–H groups in total. The number of hydrogen-bond donors (Lipinski definition) is 3. The molecule has 74 valence electrons. The van der Waals surface area contributed by atoms with Crippen molar-refractivity contribution in [3.63, 3.8) is 0 Å². The first kappa shape index (κ1) is 10.9. The average Bonchev–Trinajstić information content (AvgIpc) is 2.00. The summed E-state index contributed by atoms with van der Waals surface area (Å²) in [5.74, 6) is -2.52. The van der Waals surface area contributed by atoms with E-state index < -0.39 is 5.87 Å². The predicted octanol–water partition coefficient (Wildman–Crippen LogP) is -2.33. The van der Waals surface area contributed by atoms with Gasteiger partial charge in [-0.15, -0.1) is 0 Å². The quantitative estimate of drug-likeness (QED) is 0.341. The molecular formula is C7H15BN2O3. The molecular weight excluding hydrogens is 171 g/mol. The molecule has 1 saturated heterocycles. The van der Waals surface area contributed by atoms with Gasteiger partial charge in [-0.2, -0.15) is 0 Å². The summed E-state index contributed by atoms with van der Waals surface area (Å²) in [4.78, 5) is 2.14. The van der Waals surface area contributed by atoms with E-state index in [1.165, 1.54) is 0 Å². The summed E-state index contributed by atoms with van der Waals surface area (Å²) < 4.78 is 4.62. The maximum Gasteiger partial charge on any atom is 0.217 e. The predicted molar refractivity (Wildman–Crippen MR) is 48.2 cm³/mol. The zero-order valence-corrected chi connectivity index (χ0v) is 7.73. The van der Waals surface area contributed by atoms with Crippen molar-refractivity contribution in [3.05, 3.63) is 0 Å². The Labute approximate surface area is 79.1 Å². The van der Waals surface area contributed by atoms with Crippen LogP contribution in [0, 0.1) is 0 Å². The molecule has 1 heterocycles. The van der Waals surface area contributed by atoms with Crippen molar-refractivity contribution < 1.29 is 14.9 Å². The summed E-state index contributed by atoms with van der Waals surface area (Å²) >= 11 is 0. The smallest absolute Gasteiger partial charge is 0.217 e. The van der Waals surface area contributed by atoms with Crippen molar-refractivity contribution in [1.29, 1.82) is 0 Å². The largest absolute Gasteiger partial charge is 0.353 e. The van der Waals surface area contributed by atoms with Crippen molar-refractivity contribution in [2.45, 2.75) is 11.9 Å². The summed E-state index contributed by atoms with van der Waals surface area (Å²) in [5.41, 5.74) is 0. The van der Waals surface area contributed by atoms with E-state index in [1.54, 1.807) is 0 Å². The molecule has 0 aromatic rings. The zero-order valence-electron chi connectivity index (χ0n) is 7.73. The Balaban J connectivity index is 2.21. The summed E-state index contributed by atoms with van der Waals surface area (Å²) in [5, 5.41) is 20.5. The highest BCUT2D eigenvalue weighted by Gasteiger charge is 2.21. The minimum absolute atomic E-state index is 0.0981. The van der Waals surface area contributed by atoms with E-state index in [2.05, 4.69) is 15.0 Å². The van der Waals surface area contributed by atoms with Crippen molar-refractivity contribution in [3.8, 4) is 0 Å². The Morgan fingerprint density at radius 2 is 2.38 bits per heavy atom. The van der Waals surface area contributed by atoms with Gasteiger partial charge in [-0.3, -0.25) is 0 Å². The standard InChI is InChI=1S/C7H15BN2O3/c1-10-3-2-9-6(4-10)5-13-7(8,11)12/h6,9,11-12H,2-5H2,1H3. The summed E-state index contributed by atoms with van der Waals surface area (Å²) in [6, 6.07) is 0.0981. The van der Waals surface area contributed by atoms with Gasteiger partial charge in [0.2, 0.25) is 5.87 Å². The number of hydrogen-bond acceptors (Lipinski definition) is 5. The van der Waals surface area contributed by atoms with E-state index in [-0.39, 0.29) is 12.6 Å². The first-order valence-electron chi connectivity index (χ1n) is 4.27. The summed E-state index contributed by atoms with van der Waals surface area (Å²) in [6.07, 6.45) is 0. The maximum atomic E-state index is 8.68. The molecule has 0 aromatic carbocycles. The maximum absolute atomic E-state index is 8.68. The number of nitrogens with zero attached hydrogens (tertiary/aromatic N) is 1. The number of ether oxygens (including phenoxy) is 1. The van der Waals surface area contributed by atoms with Gasteiger partial charge in [-0.05, 0) is 7.05 Å². The van der Waals surface area contributed by atoms with Gasteiger partial charge in [0.15, 0.2) is 7.85 Å². The molecule has 0 saturated carbocycles. The molecule has 0 aromatic heterocycles. The molecule has 1 aliphatic rings. The minimum Gasteiger partial charge on any atom is -0.353 e. The first-order valence-corrected chi connectivity index (χ1v) is 4.27.